The van der Waals surface area contributed by atoms with E-state index < -0.39 is 24.3 Å². The van der Waals surface area contributed by atoms with Crippen molar-refractivity contribution < 1.29 is 38.1 Å². The summed E-state index contributed by atoms with van der Waals surface area (Å²) in [6.45, 7) is 6.01. The molecule has 15 heteroatoms. The SMILES string of the molecule is COC(=O)N[C@H](C(=O)N1[C@H](C2=Nc3ccc4cc5c(cc4c3C2)OCc2cc(-c3cnc([C@@H]4CCCN4C(=O)[C@@H](NC(=O)OC)C4CCOCC4)[nH]3)ccc2-5)C[C@@H]2CCC[C@@H]21)C(C)C. The van der Waals surface area contributed by atoms with Crippen LogP contribution in [0, 0.1) is 17.8 Å². The summed E-state index contributed by atoms with van der Waals surface area (Å²) >= 11 is 0. The maximum Gasteiger partial charge on any atom is 0.407 e. The maximum absolute atomic E-state index is 14.3. The van der Waals surface area contributed by atoms with Crippen LogP contribution in [0.1, 0.15) is 88.2 Å². The summed E-state index contributed by atoms with van der Waals surface area (Å²) in [4.78, 5) is 70.5. The van der Waals surface area contributed by atoms with Crippen molar-refractivity contribution in [2.24, 2.45) is 22.7 Å². The van der Waals surface area contributed by atoms with Gasteiger partial charge in [-0.25, -0.2) is 14.6 Å². The fourth-order valence-electron chi connectivity index (χ4n) is 11.4. The van der Waals surface area contributed by atoms with Gasteiger partial charge in [0.15, 0.2) is 0 Å². The molecular weight excluding hydrogens is 815 g/mol. The van der Waals surface area contributed by atoms with Gasteiger partial charge in [0, 0.05) is 43.5 Å². The lowest BCUT2D eigenvalue weighted by Crippen LogP contribution is -2.56. The van der Waals surface area contributed by atoms with Gasteiger partial charge in [-0.2, -0.15) is 0 Å². The molecule has 3 saturated heterocycles. The molecule has 4 fully saturated rings. The third kappa shape index (κ3) is 7.54. The number of H-pyrrole nitrogens is 1. The molecule has 6 heterocycles. The number of hydrogen-bond donors (Lipinski definition) is 3. The third-order valence-electron chi connectivity index (χ3n) is 14.7. The molecule has 1 aromatic heterocycles. The predicted octanol–water partition coefficient (Wildman–Crippen LogP) is 7.38. The Labute approximate surface area is 372 Å². The molecule has 3 N–H and O–H groups in total. The van der Waals surface area contributed by atoms with Gasteiger partial charge in [-0.1, -0.05) is 38.5 Å². The molecule has 15 nitrogen and oxygen atoms in total. The Balaban J connectivity index is 0.872. The highest BCUT2D eigenvalue weighted by atomic mass is 16.5. The number of benzene rings is 3. The number of nitrogens with zero attached hydrogens (tertiary/aromatic N) is 4. The van der Waals surface area contributed by atoms with Gasteiger partial charge in [-0.05, 0) is 120 Å². The van der Waals surface area contributed by atoms with Crippen LogP contribution >= 0.6 is 0 Å². The molecule has 1 saturated carbocycles. The minimum atomic E-state index is -0.694. The first-order valence-electron chi connectivity index (χ1n) is 23.0. The van der Waals surface area contributed by atoms with Gasteiger partial charge in [-0.3, -0.25) is 14.6 Å². The Morgan fingerprint density at radius 1 is 0.875 bits per heavy atom. The van der Waals surface area contributed by atoms with Crippen LogP contribution in [0.15, 0.2) is 53.7 Å². The number of amides is 4. The number of carbonyl (C=O) groups excluding carboxylic acids is 4. The molecule has 1 aliphatic carbocycles. The number of hydrogen-bond acceptors (Lipinski definition) is 10. The number of aromatic nitrogens is 2. The molecule has 336 valence electrons. The van der Waals surface area contributed by atoms with E-state index in [-0.39, 0.29) is 41.8 Å². The lowest BCUT2D eigenvalue weighted by atomic mass is 9.90. The fourth-order valence-corrected chi connectivity index (χ4v) is 11.4. The summed E-state index contributed by atoms with van der Waals surface area (Å²) in [5, 5.41) is 7.85. The maximum atomic E-state index is 14.3. The van der Waals surface area contributed by atoms with Crippen LogP contribution in [0.3, 0.4) is 0 Å². The topological polar surface area (TPSA) is 177 Å². The van der Waals surface area contributed by atoms with Crippen molar-refractivity contribution in [2.45, 2.75) is 108 Å². The lowest BCUT2D eigenvalue weighted by molar-refractivity contribution is -0.137. The van der Waals surface area contributed by atoms with Crippen molar-refractivity contribution in [3.8, 4) is 28.1 Å². The number of carbonyl (C=O) groups is 4. The van der Waals surface area contributed by atoms with E-state index in [1.165, 1.54) is 14.2 Å². The number of alkyl carbamates (subject to hydrolysis) is 2. The van der Waals surface area contributed by atoms with Crippen molar-refractivity contribution >= 4 is 46.2 Å². The summed E-state index contributed by atoms with van der Waals surface area (Å²) in [5.74, 6) is 1.66. The summed E-state index contributed by atoms with van der Waals surface area (Å²) in [6, 6.07) is 13.4. The molecule has 0 radical (unpaired) electrons. The van der Waals surface area contributed by atoms with Crippen molar-refractivity contribution in [1.82, 2.24) is 30.4 Å². The van der Waals surface area contributed by atoms with Crippen LogP contribution in [-0.2, 0) is 36.8 Å². The molecule has 0 bridgehead atoms. The average molecular weight is 872 g/mol. The number of aliphatic imine (C=N–C) groups is 1. The zero-order valence-corrected chi connectivity index (χ0v) is 37.0. The molecule has 4 amide bonds. The summed E-state index contributed by atoms with van der Waals surface area (Å²) in [7, 11) is 2.63. The number of fused-ring (bicyclic) bond motifs is 7. The molecule has 0 unspecified atom stereocenters. The standard InChI is InChI=1S/C49H57N7O8/c1-26(2)43(53-48(59)61-3)47(58)56-39-8-5-7-30(39)21-41(56)37-22-34-33-23-42-35(20-28(33)11-13-36(34)51-37)32-12-10-29(19-31(32)25-64-42)38-24-50-45(52-38)40-9-6-16-55(40)46(57)44(54-49(60)62-4)27-14-17-63-18-15-27/h10-13,19-20,23-24,26-27,30,39-41,43-44H,5-9,14-18,21-22,25H2,1-4H3,(H,50,52)(H,53,59)(H,54,60)/t30-,39-,40-,41-,43-,44-/m0/s1. The number of rotatable bonds is 9. The Bertz CT molecular complexity index is 2530. The molecule has 64 heavy (non-hydrogen) atoms. The molecular formula is C49H57N7O8. The lowest BCUT2D eigenvalue weighted by Gasteiger charge is -2.34. The van der Waals surface area contributed by atoms with Crippen molar-refractivity contribution in [1.29, 1.82) is 0 Å². The molecule has 3 aromatic carbocycles. The second kappa shape index (κ2) is 17.2. The Morgan fingerprint density at radius 2 is 1.69 bits per heavy atom. The van der Waals surface area contributed by atoms with Crippen molar-refractivity contribution in [3.63, 3.8) is 0 Å². The van der Waals surface area contributed by atoms with E-state index >= 15 is 0 Å². The van der Waals surface area contributed by atoms with Gasteiger partial charge >= 0.3 is 12.2 Å². The monoisotopic (exact) mass is 871 g/mol. The normalized spacial score (nSPS) is 23.4. The van der Waals surface area contributed by atoms with Crippen LogP contribution in [0.2, 0.25) is 0 Å². The van der Waals surface area contributed by atoms with E-state index in [9.17, 15) is 19.2 Å². The summed E-state index contributed by atoms with van der Waals surface area (Å²) in [6.07, 6.45) is 8.29. The van der Waals surface area contributed by atoms with Gasteiger partial charge < -0.3 is 44.4 Å². The van der Waals surface area contributed by atoms with Gasteiger partial charge in [-0.15, -0.1) is 0 Å². The quantitative estimate of drug-likeness (QED) is 0.155. The number of ether oxygens (including phenoxy) is 4. The fraction of sp³-hybridized carbons (Fsp3) is 0.510. The number of nitrogens with one attached hydrogen (secondary N) is 3. The van der Waals surface area contributed by atoms with Crippen LogP contribution in [0.4, 0.5) is 15.3 Å². The number of aromatic amines is 1. The molecule has 6 atom stereocenters. The predicted molar refractivity (Wildman–Crippen MR) is 239 cm³/mol. The van der Waals surface area contributed by atoms with Gasteiger partial charge in [0.1, 0.15) is 30.3 Å². The van der Waals surface area contributed by atoms with E-state index in [0.29, 0.717) is 51.5 Å². The number of methoxy groups -OCH3 is 2. The largest absolute Gasteiger partial charge is 0.488 e. The third-order valence-corrected chi connectivity index (χ3v) is 14.7. The summed E-state index contributed by atoms with van der Waals surface area (Å²) < 4.78 is 21.8. The second-order valence-corrected chi connectivity index (χ2v) is 18.6. The first-order chi connectivity index (χ1) is 31.1. The number of likely N-dealkylation sites (tertiary alicyclic amines) is 2. The minimum absolute atomic E-state index is 0.0357. The Kier molecular flexibility index (Phi) is 11.3. The van der Waals surface area contributed by atoms with E-state index in [0.717, 1.165) is 106 Å². The molecule has 5 aliphatic heterocycles. The minimum Gasteiger partial charge on any atom is -0.488 e. The van der Waals surface area contributed by atoms with Gasteiger partial charge in [0.25, 0.3) is 0 Å². The Morgan fingerprint density at radius 3 is 2.48 bits per heavy atom. The summed E-state index contributed by atoms with van der Waals surface area (Å²) in [5.41, 5.74) is 8.12. The second-order valence-electron chi connectivity index (χ2n) is 18.6. The van der Waals surface area contributed by atoms with Crippen LogP contribution in [0.5, 0.6) is 5.75 Å². The van der Waals surface area contributed by atoms with Gasteiger partial charge in [0.2, 0.25) is 11.8 Å². The molecule has 10 rings (SSSR count). The number of imidazole rings is 1. The first kappa shape index (κ1) is 42.0. The zero-order chi connectivity index (χ0) is 44.2. The van der Waals surface area contributed by atoms with E-state index in [1.807, 2.05) is 24.9 Å². The molecule has 4 aromatic rings. The molecule has 6 aliphatic rings. The highest BCUT2D eigenvalue weighted by molar-refractivity contribution is 6.07. The van der Waals surface area contributed by atoms with E-state index in [4.69, 9.17) is 28.9 Å². The van der Waals surface area contributed by atoms with Crippen molar-refractivity contribution in [2.75, 3.05) is 34.0 Å². The van der Waals surface area contributed by atoms with Gasteiger partial charge in [0.05, 0.1) is 43.9 Å². The zero-order valence-electron chi connectivity index (χ0n) is 37.0. The van der Waals surface area contributed by atoms with Crippen LogP contribution in [-0.4, -0.2) is 108 Å². The first-order valence-corrected chi connectivity index (χ1v) is 23.0. The highest BCUT2D eigenvalue weighted by Gasteiger charge is 2.50. The smallest absolute Gasteiger partial charge is 0.407 e. The van der Waals surface area contributed by atoms with E-state index in [1.54, 1.807) is 0 Å². The highest BCUT2D eigenvalue weighted by Crippen LogP contribution is 2.47. The van der Waals surface area contributed by atoms with Crippen LogP contribution in [0.25, 0.3) is 33.2 Å². The van der Waals surface area contributed by atoms with Crippen LogP contribution < -0.4 is 15.4 Å². The molecule has 0 spiro atoms. The Hall–Kier alpha value is -5.96. The van der Waals surface area contributed by atoms with E-state index in [2.05, 4.69) is 63.0 Å². The average Bonchev–Trinajstić information content (AvgIpc) is 4.17. The van der Waals surface area contributed by atoms with Crippen molar-refractivity contribution in [3.05, 3.63) is 65.6 Å².